The second-order valence-corrected chi connectivity index (χ2v) is 7.94. The third-order valence-corrected chi connectivity index (χ3v) is 5.60. The monoisotopic (exact) mass is 411 g/mol. The number of H-pyrrole nitrogens is 1. The Morgan fingerprint density at radius 2 is 1.97 bits per heavy atom. The van der Waals surface area contributed by atoms with E-state index in [1.54, 1.807) is 0 Å². The van der Waals surface area contributed by atoms with Gasteiger partial charge >= 0.3 is 5.97 Å². The molecule has 1 aliphatic rings. The molecular weight excluding hydrogens is 382 g/mol. The van der Waals surface area contributed by atoms with Crippen LogP contribution in [-0.4, -0.2) is 32.6 Å². The molecule has 5 N–H and O–H groups in total. The predicted molar refractivity (Wildman–Crippen MR) is 115 cm³/mol. The van der Waals surface area contributed by atoms with Gasteiger partial charge in [0.15, 0.2) is 0 Å². The lowest BCUT2D eigenvalue weighted by atomic mass is 9.82. The number of aromatic amines is 1. The zero-order valence-corrected chi connectivity index (χ0v) is 17.4. The van der Waals surface area contributed by atoms with Gasteiger partial charge in [-0.15, -0.1) is 0 Å². The van der Waals surface area contributed by atoms with Gasteiger partial charge in [0.25, 0.3) is 5.88 Å². The van der Waals surface area contributed by atoms with Crippen molar-refractivity contribution >= 4 is 11.7 Å². The molecule has 30 heavy (non-hydrogen) atoms. The van der Waals surface area contributed by atoms with Gasteiger partial charge in [-0.05, 0) is 54.7 Å². The highest BCUT2D eigenvalue weighted by atomic mass is 16.5. The summed E-state index contributed by atoms with van der Waals surface area (Å²) in [5.74, 6) is 5.45. The molecule has 8 nitrogen and oxygen atoms in total. The summed E-state index contributed by atoms with van der Waals surface area (Å²) >= 11 is 0. The smallest absolute Gasteiger partial charge is 0.359 e. The molecule has 1 heterocycles. The fourth-order valence-electron chi connectivity index (χ4n) is 3.61. The summed E-state index contributed by atoms with van der Waals surface area (Å²) in [6.07, 6.45) is 5.53. The molecule has 0 aliphatic heterocycles. The van der Waals surface area contributed by atoms with E-state index in [2.05, 4.69) is 65.5 Å². The van der Waals surface area contributed by atoms with E-state index >= 15 is 0 Å². The first-order valence-corrected chi connectivity index (χ1v) is 10.2. The Hall–Kier alpha value is -3.13. The number of carboxylic acids is 1. The molecule has 0 bridgehead atoms. The Bertz CT molecular complexity index is 909. The zero-order chi connectivity index (χ0) is 21.7. The number of allylic oxidation sites excluding steroid dienone is 2. The van der Waals surface area contributed by atoms with E-state index in [0.29, 0.717) is 11.8 Å². The summed E-state index contributed by atoms with van der Waals surface area (Å²) in [6, 6.07) is 8.44. The molecule has 0 saturated heterocycles. The number of ether oxygens (including phenoxy) is 1. The van der Waals surface area contributed by atoms with Crippen LogP contribution in [0.25, 0.3) is 5.70 Å². The van der Waals surface area contributed by atoms with E-state index < -0.39 is 5.97 Å². The number of aromatic carboxylic acids is 1. The molecular formula is C22H29N5O3. The topological polar surface area (TPSA) is 126 Å². The van der Waals surface area contributed by atoms with Crippen LogP contribution in [-0.2, 0) is 0 Å². The standard InChI is InChI=1S/C22H29N5O3/c1-13(2)14(3)12-19(24-23)17-6-4-15(5-7-17)16-8-10-18(11-9-16)30-21-20(22(28)29)25-27-26-21/h4-7,12-13,16,18,24H,3,8-11,23H2,1-2H3,(H,28,29)(H,25,26,27)/b19-12-. The molecule has 1 aliphatic carbocycles. The molecule has 0 atom stereocenters. The van der Waals surface area contributed by atoms with Crippen molar-refractivity contribution in [1.82, 2.24) is 20.8 Å². The Labute approximate surface area is 176 Å². The summed E-state index contributed by atoms with van der Waals surface area (Å²) in [5.41, 5.74) is 6.83. The largest absolute Gasteiger partial charge is 0.476 e. The third-order valence-electron chi connectivity index (χ3n) is 5.60. The van der Waals surface area contributed by atoms with Gasteiger partial charge in [0, 0.05) is 0 Å². The second kappa shape index (κ2) is 9.58. The van der Waals surface area contributed by atoms with Crippen LogP contribution in [0.2, 0.25) is 0 Å². The molecule has 0 unspecified atom stereocenters. The fraction of sp³-hybridized carbons (Fsp3) is 0.409. The van der Waals surface area contributed by atoms with Crippen molar-refractivity contribution in [1.29, 1.82) is 0 Å². The number of aromatic nitrogens is 3. The average Bonchev–Trinajstić information content (AvgIpc) is 3.21. The highest BCUT2D eigenvalue weighted by molar-refractivity contribution is 5.87. The van der Waals surface area contributed by atoms with Crippen LogP contribution in [0.5, 0.6) is 5.88 Å². The first-order valence-electron chi connectivity index (χ1n) is 10.2. The maximum Gasteiger partial charge on any atom is 0.359 e. The van der Waals surface area contributed by atoms with Crippen molar-refractivity contribution in [3.8, 4) is 5.88 Å². The van der Waals surface area contributed by atoms with Gasteiger partial charge in [-0.2, -0.15) is 0 Å². The van der Waals surface area contributed by atoms with Crippen molar-refractivity contribution in [2.75, 3.05) is 0 Å². The van der Waals surface area contributed by atoms with E-state index in [-0.39, 0.29) is 17.7 Å². The average molecular weight is 412 g/mol. The first-order chi connectivity index (χ1) is 14.4. The molecule has 1 aromatic carbocycles. The molecule has 1 saturated carbocycles. The maximum absolute atomic E-state index is 11.1. The van der Waals surface area contributed by atoms with Crippen LogP contribution < -0.4 is 16.0 Å². The Balaban J connectivity index is 1.60. The van der Waals surface area contributed by atoms with E-state index in [1.165, 1.54) is 5.56 Å². The summed E-state index contributed by atoms with van der Waals surface area (Å²) < 4.78 is 5.77. The van der Waals surface area contributed by atoms with E-state index in [4.69, 9.17) is 15.7 Å². The lowest BCUT2D eigenvalue weighted by Crippen LogP contribution is -2.24. The molecule has 160 valence electrons. The molecule has 0 radical (unpaired) electrons. The van der Waals surface area contributed by atoms with Crippen molar-refractivity contribution < 1.29 is 14.6 Å². The van der Waals surface area contributed by atoms with E-state index in [0.717, 1.165) is 42.5 Å². The van der Waals surface area contributed by atoms with Crippen LogP contribution >= 0.6 is 0 Å². The minimum Gasteiger partial charge on any atom is -0.476 e. The van der Waals surface area contributed by atoms with E-state index in [9.17, 15) is 4.79 Å². The number of hydrogen-bond acceptors (Lipinski definition) is 6. The van der Waals surface area contributed by atoms with Crippen molar-refractivity contribution in [2.45, 2.75) is 51.6 Å². The Kier molecular flexibility index (Phi) is 6.89. The number of hydrogen-bond donors (Lipinski definition) is 4. The number of hydrazine groups is 1. The molecule has 8 heteroatoms. The number of nitrogens with one attached hydrogen (secondary N) is 2. The Morgan fingerprint density at radius 1 is 1.30 bits per heavy atom. The van der Waals surface area contributed by atoms with Crippen LogP contribution in [0, 0.1) is 5.92 Å². The number of rotatable bonds is 8. The van der Waals surface area contributed by atoms with Gasteiger partial charge < -0.3 is 15.3 Å². The highest BCUT2D eigenvalue weighted by Gasteiger charge is 2.26. The van der Waals surface area contributed by atoms with E-state index in [1.807, 2.05) is 6.08 Å². The SMILES string of the molecule is C=C(/C=C(\NN)c1ccc(C2CCC(Oc3nn[nH]c3C(=O)O)CC2)cc1)C(C)C. The quantitative estimate of drug-likeness (QED) is 0.297. The molecule has 2 aromatic rings. The molecule has 3 rings (SSSR count). The summed E-state index contributed by atoms with van der Waals surface area (Å²) in [6.45, 7) is 8.28. The fourth-order valence-corrected chi connectivity index (χ4v) is 3.61. The summed E-state index contributed by atoms with van der Waals surface area (Å²) in [5, 5.41) is 18.7. The normalized spacial score (nSPS) is 19.5. The predicted octanol–water partition coefficient (Wildman–Crippen LogP) is 3.62. The number of benzene rings is 1. The molecule has 1 aromatic heterocycles. The van der Waals surface area contributed by atoms with Gasteiger partial charge in [-0.1, -0.05) is 60.6 Å². The van der Waals surface area contributed by atoms with Crippen molar-refractivity contribution in [3.05, 3.63) is 59.3 Å². The van der Waals surface area contributed by atoms with Crippen LogP contribution in [0.15, 0.2) is 42.5 Å². The minimum atomic E-state index is -1.12. The number of carbonyl (C=O) groups is 1. The van der Waals surface area contributed by atoms with Crippen molar-refractivity contribution in [3.63, 3.8) is 0 Å². The van der Waals surface area contributed by atoms with Gasteiger partial charge in [0.05, 0.1) is 5.70 Å². The van der Waals surface area contributed by atoms with Gasteiger partial charge in [-0.3, -0.25) is 5.84 Å². The molecule has 0 amide bonds. The Morgan fingerprint density at radius 3 is 2.53 bits per heavy atom. The molecule has 0 spiro atoms. The van der Waals surface area contributed by atoms with Gasteiger partial charge in [0.1, 0.15) is 6.10 Å². The van der Waals surface area contributed by atoms with Gasteiger partial charge in [-0.25, -0.2) is 9.89 Å². The van der Waals surface area contributed by atoms with Crippen LogP contribution in [0.4, 0.5) is 0 Å². The number of carboxylic acid groups (broad SMARTS) is 1. The van der Waals surface area contributed by atoms with Crippen molar-refractivity contribution in [2.24, 2.45) is 11.8 Å². The zero-order valence-electron chi connectivity index (χ0n) is 17.4. The van der Waals surface area contributed by atoms with Crippen LogP contribution in [0.3, 0.4) is 0 Å². The maximum atomic E-state index is 11.1. The highest BCUT2D eigenvalue weighted by Crippen LogP contribution is 2.35. The third kappa shape index (κ3) is 5.07. The summed E-state index contributed by atoms with van der Waals surface area (Å²) in [4.78, 5) is 11.1. The minimum absolute atomic E-state index is 0.0539. The second-order valence-electron chi connectivity index (χ2n) is 7.94. The van der Waals surface area contributed by atoms with Gasteiger partial charge in [0.2, 0.25) is 5.69 Å². The summed E-state index contributed by atoms with van der Waals surface area (Å²) in [7, 11) is 0. The lowest BCUT2D eigenvalue weighted by Gasteiger charge is -2.28. The molecule has 1 fully saturated rings. The lowest BCUT2D eigenvalue weighted by molar-refractivity contribution is 0.0678. The van der Waals surface area contributed by atoms with Crippen LogP contribution in [0.1, 0.15) is 67.1 Å². The first kappa shape index (κ1) is 21.6. The number of nitrogens with two attached hydrogens (primary N) is 1. The number of nitrogens with zero attached hydrogens (tertiary/aromatic N) is 2.